The Labute approximate surface area is 68.6 Å². The second-order valence-corrected chi connectivity index (χ2v) is 4.06. The van der Waals surface area contributed by atoms with E-state index < -0.39 is 6.17 Å². The molecule has 0 aliphatic carbocycles. The third-order valence-corrected chi connectivity index (χ3v) is 2.38. The lowest BCUT2D eigenvalue weighted by atomic mass is 10.0. The van der Waals surface area contributed by atoms with Gasteiger partial charge >= 0.3 is 0 Å². The zero-order valence-corrected chi connectivity index (χ0v) is 7.68. The molecular formula is C9H18FN. The van der Waals surface area contributed by atoms with Gasteiger partial charge in [0.15, 0.2) is 0 Å². The molecule has 0 unspecified atom stereocenters. The van der Waals surface area contributed by atoms with E-state index >= 15 is 0 Å². The first kappa shape index (κ1) is 8.98. The fourth-order valence-corrected chi connectivity index (χ4v) is 1.83. The van der Waals surface area contributed by atoms with Crippen LogP contribution in [0.15, 0.2) is 0 Å². The van der Waals surface area contributed by atoms with Gasteiger partial charge in [0.05, 0.1) is 0 Å². The maximum atomic E-state index is 12.8. The molecule has 1 rings (SSSR count). The molecule has 0 bridgehead atoms. The third-order valence-electron chi connectivity index (χ3n) is 2.38. The van der Waals surface area contributed by atoms with Crippen molar-refractivity contribution in [2.24, 2.45) is 5.92 Å². The molecule has 0 N–H and O–H groups in total. The van der Waals surface area contributed by atoms with E-state index in [1.165, 1.54) is 0 Å². The van der Waals surface area contributed by atoms with Gasteiger partial charge in [0.2, 0.25) is 0 Å². The molecule has 0 saturated carbocycles. The largest absolute Gasteiger partial charge is 0.300 e. The van der Waals surface area contributed by atoms with Crippen LogP contribution in [0.4, 0.5) is 4.39 Å². The van der Waals surface area contributed by atoms with Crippen molar-refractivity contribution >= 4 is 0 Å². The van der Waals surface area contributed by atoms with Crippen molar-refractivity contribution in [3.05, 3.63) is 0 Å². The minimum absolute atomic E-state index is 0.491. The van der Waals surface area contributed by atoms with Crippen LogP contribution in [0.1, 0.15) is 26.7 Å². The Morgan fingerprint density at radius 1 is 1.55 bits per heavy atom. The highest BCUT2D eigenvalue weighted by atomic mass is 19.1. The molecule has 1 aliphatic heterocycles. The monoisotopic (exact) mass is 159 g/mol. The van der Waals surface area contributed by atoms with E-state index in [4.69, 9.17) is 0 Å². The van der Waals surface area contributed by atoms with Gasteiger partial charge in [-0.15, -0.1) is 0 Å². The predicted octanol–water partition coefficient (Wildman–Crippen LogP) is 2.07. The molecule has 0 aromatic rings. The zero-order valence-electron chi connectivity index (χ0n) is 7.68. The van der Waals surface area contributed by atoms with Crippen molar-refractivity contribution in [1.82, 2.24) is 4.90 Å². The minimum atomic E-state index is -0.580. The molecule has 1 heterocycles. The molecule has 2 atom stereocenters. The Kier molecular flexibility index (Phi) is 2.88. The molecule has 0 aromatic heterocycles. The van der Waals surface area contributed by atoms with E-state index in [9.17, 15) is 4.39 Å². The van der Waals surface area contributed by atoms with Gasteiger partial charge in [-0.25, -0.2) is 4.39 Å². The van der Waals surface area contributed by atoms with Crippen molar-refractivity contribution in [3.8, 4) is 0 Å². The van der Waals surface area contributed by atoms with Crippen LogP contribution in [-0.2, 0) is 0 Å². The van der Waals surface area contributed by atoms with Gasteiger partial charge in [0.25, 0.3) is 0 Å². The number of hydrogen-bond acceptors (Lipinski definition) is 1. The van der Waals surface area contributed by atoms with Gasteiger partial charge in [-0.2, -0.15) is 0 Å². The van der Waals surface area contributed by atoms with Crippen LogP contribution in [0.5, 0.6) is 0 Å². The fraction of sp³-hybridized carbons (Fsp3) is 1.00. The topological polar surface area (TPSA) is 3.24 Å². The van der Waals surface area contributed by atoms with Gasteiger partial charge in [0.1, 0.15) is 6.17 Å². The number of rotatable bonds is 2. The predicted molar refractivity (Wildman–Crippen MR) is 45.4 cm³/mol. The first-order valence-electron chi connectivity index (χ1n) is 4.44. The molecule has 0 radical (unpaired) electrons. The summed E-state index contributed by atoms with van der Waals surface area (Å²) in [6.45, 7) is 5.02. The SMILES string of the molecule is CC(C)C[C@@H]1C[C@H](F)CN1C. The number of hydrogen-bond donors (Lipinski definition) is 0. The summed E-state index contributed by atoms with van der Waals surface area (Å²) in [7, 11) is 2.02. The van der Waals surface area contributed by atoms with Crippen LogP contribution in [0.2, 0.25) is 0 Å². The van der Waals surface area contributed by atoms with Gasteiger partial charge in [0, 0.05) is 12.6 Å². The Morgan fingerprint density at radius 3 is 2.55 bits per heavy atom. The lowest BCUT2D eigenvalue weighted by Crippen LogP contribution is -2.26. The van der Waals surface area contributed by atoms with Crippen molar-refractivity contribution in [2.45, 2.75) is 38.9 Å². The second-order valence-electron chi connectivity index (χ2n) is 4.06. The van der Waals surface area contributed by atoms with Crippen molar-refractivity contribution < 1.29 is 4.39 Å². The fourth-order valence-electron chi connectivity index (χ4n) is 1.83. The highest BCUT2D eigenvalue weighted by molar-refractivity contribution is 4.83. The van der Waals surface area contributed by atoms with Crippen molar-refractivity contribution in [3.63, 3.8) is 0 Å². The Bertz CT molecular complexity index is 125. The molecule has 1 saturated heterocycles. The number of nitrogens with zero attached hydrogens (tertiary/aromatic N) is 1. The molecule has 66 valence electrons. The highest BCUT2D eigenvalue weighted by Crippen LogP contribution is 2.23. The summed E-state index contributed by atoms with van der Waals surface area (Å²) in [5.41, 5.74) is 0. The van der Waals surface area contributed by atoms with Crippen LogP contribution in [0.3, 0.4) is 0 Å². The van der Waals surface area contributed by atoms with E-state index in [2.05, 4.69) is 18.7 Å². The summed E-state index contributed by atoms with van der Waals surface area (Å²) < 4.78 is 12.8. The zero-order chi connectivity index (χ0) is 8.43. The summed E-state index contributed by atoms with van der Waals surface area (Å²) in [6, 6.07) is 0.491. The van der Waals surface area contributed by atoms with Crippen LogP contribution < -0.4 is 0 Å². The van der Waals surface area contributed by atoms with E-state index in [0.29, 0.717) is 18.5 Å². The number of halogens is 1. The molecule has 0 amide bonds. The Hall–Kier alpha value is -0.110. The summed E-state index contributed by atoms with van der Waals surface area (Å²) in [6.07, 6.45) is 1.30. The van der Waals surface area contributed by atoms with E-state index in [1.54, 1.807) is 0 Å². The average molecular weight is 159 g/mol. The van der Waals surface area contributed by atoms with Gasteiger partial charge in [-0.1, -0.05) is 13.8 Å². The Morgan fingerprint density at radius 2 is 2.18 bits per heavy atom. The molecule has 11 heavy (non-hydrogen) atoms. The van der Waals surface area contributed by atoms with Crippen LogP contribution in [0.25, 0.3) is 0 Å². The summed E-state index contributed by atoms with van der Waals surface area (Å²) in [4.78, 5) is 2.14. The average Bonchev–Trinajstić information content (AvgIpc) is 2.09. The third kappa shape index (κ3) is 2.44. The van der Waals surface area contributed by atoms with Gasteiger partial charge < -0.3 is 4.90 Å². The smallest absolute Gasteiger partial charge is 0.114 e. The Balaban J connectivity index is 2.34. The van der Waals surface area contributed by atoms with Gasteiger partial charge in [-0.3, -0.25) is 0 Å². The van der Waals surface area contributed by atoms with E-state index in [0.717, 1.165) is 12.8 Å². The highest BCUT2D eigenvalue weighted by Gasteiger charge is 2.29. The summed E-state index contributed by atoms with van der Waals surface area (Å²) >= 11 is 0. The molecule has 0 spiro atoms. The van der Waals surface area contributed by atoms with Crippen LogP contribution >= 0.6 is 0 Å². The second kappa shape index (κ2) is 3.53. The molecule has 1 aliphatic rings. The molecule has 0 aromatic carbocycles. The first-order chi connectivity index (χ1) is 5.09. The summed E-state index contributed by atoms with van der Waals surface area (Å²) in [5, 5.41) is 0. The quantitative estimate of drug-likeness (QED) is 0.596. The van der Waals surface area contributed by atoms with E-state index in [-0.39, 0.29) is 0 Å². The lowest BCUT2D eigenvalue weighted by Gasteiger charge is -2.20. The number of alkyl halides is 1. The standard InChI is InChI=1S/C9H18FN/c1-7(2)4-9-5-8(10)6-11(9)3/h7-9H,4-6H2,1-3H3/t8-,9+/m0/s1. The summed E-state index contributed by atoms with van der Waals surface area (Å²) in [5.74, 6) is 0.688. The van der Waals surface area contributed by atoms with E-state index in [1.807, 2.05) is 7.05 Å². The molecule has 1 nitrogen and oxygen atoms in total. The molecule has 1 fully saturated rings. The van der Waals surface area contributed by atoms with Gasteiger partial charge in [-0.05, 0) is 25.8 Å². The maximum absolute atomic E-state index is 12.8. The van der Waals surface area contributed by atoms with Crippen molar-refractivity contribution in [1.29, 1.82) is 0 Å². The van der Waals surface area contributed by atoms with Crippen LogP contribution in [0, 0.1) is 5.92 Å². The molecular weight excluding hydrogens is 141 g/mol. The lowest BCUT2D eigenvalue weighted by molar-refractivity contribution is 0.267. The number of likely N-dealkylation sites (tertiary alicyclic amines) is 1. The van der Waals surface area contributed by atoms with Crippen LogP contribution in [-0.4, -0.2) is 30.7 Å². The van der Waals surface area contributed by atoms with Crippen molar-refractivity contribution in [2.75, 3.05) is 13.6 Å². The minimum Gasteiger partial charge on any atom is -0.300 e. The first-order valence-corrected chi connectivity index (χ1v) is 4.44. The maximum Gasteiger partial charge on any atom is 0.114 e. The normalized spacial score (nSPS) is 33.5. The molecule has 2 heteroatoms.